The van der Waals surface area contributed by atoms with E-state index in [9.17, 15) is 22.4 Å². The molecule has 0 fully saturated rings. The van der Waals surface area contributed by atoms with Gasteiger partial charge in [0.25, 0.3) is 0 Å². The number of ketones is 1. The lowest BCUT2D eigenvalue weighted by atomic mass is 10.0. The summed E-state index contributed by atoms with van der Waals surface area (Å²) >= 11 is 0. The zero-order valence-electron chi connectivity index (χ0n) is 19.6. The Morgan fingerprint density at radius 3 is 2.08 bits per heavy atom. The van der Waals surface area contributed by atoms with Crippen molar-refractivity contribution in [1.82, 2.24) is 4.72 Å². The van der Waals surface area contributed by atoms with Gasteiger partial charge < -0.3 is 14.2 Å². The fourth-order valence-corrected chi connectivity index (χ4v) is 4.85. The zero-order chi connectivity index (χ0) is 25.9. The highest BCUT2D eigenvalue weighted by Gasteiger charge is 2.31. The van der Waals surface area contributed by atoms with Crippen molar-refractivity contribution < 1.29 is 36.6 Å². The van der Waals surface area contributed by atoms with Crippen LogP contribution >= 0.6 is 0 Å². The summed E-state index contributed by atoms with van der Waals surface area (Å²) in [6.07, 6.45) is 0. The van der Waals surface area contributed by atoms with Crippen LogP contribution < -0.4 is 18.9 Å². The van der Waals surface area contributed by atoms with Gasteiger partial charge in [-0.1, -0.05) is 13.8 Å². The average molecular weight is 514 g/mol. The summed E-state index contributed by atoms with van der Waals surface area (Å²) in [5.74, 6) is -1.10. The van der Waals surface area contributed by atoms with Gasteiger partial charge in [0.15, 0.2) is 17.3 Å². The van der Waals surface area contributed by atoms with Crippen molar-refractivity contribution in [2.24, 2.45) is 5.92 Å². The fraction of sp³-hybridized carbons (Fsp3) is 0.231. The first-order chi connectivity index (χ1) is 17.1. The number of sulfonamides is 1. The molecule has 1 heterocycles. The molecule has 10 heteroatoms. The van der Waals surface area contributed by atoms with Gasteiger partial charge >= 0.3 is 5.97 Å². The van der Waals surface area contributed by atoms with E-state index in [2.05, 4.69) is 4.72 Å². The fourth-order valence-electron chi connectivity index (χ4n) is 3.50. The van der Waals surface area contributed by atoms with E-state index < -0.39 is 33.8 Å². The third kappa shape index (κ3) is 5.72. The van der Waals surface area contributed by atoms with E-state index in [1.807, 2.05) is 0 Å². The molecule has 4 rings (SSSR count). The Bertz CT molecular complexity index is 1370. The van der Waals surface area contributed by atoms with Gasteiger partial charge in [0, 0.05) is 17.2 Å². The Balaban J connectivity index is 1.46. The normalized spacial score (nSPS) is 13.8. The summed E-state index contributed by atoms with van der Waals surface area (Å²) in [6, 6.07) is 14.0. The van der Waals surface area contributed by atoms with E-state index in [1.165, 1.54) is 66.7 Å². The summed E-state index contributed by atoms with van der Waals surface area (Å²) in [4.78, 5) is 25.3. The summed E-state index contributed by atoms with van der Waals surface area (Å²) < 4.78 is 57.7. The molecular weight excluding hydrogens is 489 g/mol. The number of benzene rings is 3. The topological polar surface area (TPSA) is 108 Å². The molecule has 1 aliphatic rings. The molecule has 0 bridgehead atoms. The number of hydrogen-bond acceptors (Lipinski definition) is 7. The van der Waals surface area contributed by atoms with Crippen molar-refractivity contribution in [3.63, 3.8) is 0 Å². The van der Waals surface area contributed by atoms with E-state index in [4.69, 9.17) is 14.2 Å². The van der Waals surface area contributed by atoms with Gasteiger partial charge in [-0.2, -0.15) is 4.72 Å². The van der Waals surface area contributed by atoms with E-state index in [1.54, 1.807) is 13.8 Å². The molecule has 1 atom stereocenters. The summed E-state index contributed by atoms with van der Waals surface area (Å²) in [5.41, 5.74) is 0.635. The number of ether oxygens (including phenoxy) is 3. The van der Waals surface area contributed by atoms with Gasteiger partial charge in [0.1, 0.15) is 30.8 Å². The second-order valence-corrected chi connectivity index (χ2v) is 10.1. The van der Waals surface area contributed by atoms with Crippen LogP contribution in [0.1, 0.15) is 29.8 Å². The first-order valence-corrected chi connectivity index (χ1v) is 12.7. The average Bonchev–Trinajstić information content (AvgIpc) is 2.87. The predicted octanol–water partition coefficient (Wildman–Crippen LogP) is 3.74. The number of esters is 1. The van der Waals surface area contributed by atoms with Gasteiger partial charge in [-0.15, -0.1) is 0 Å². The monoisotopic (exact) mass is 513 g/mol. The molecule has 0 aliphatic carbocycles. The van der Waals surface area contributed by atoms with Gasteiger partial charge in [-0.25, -0.2) is 17.6 Å². The van der Waals surface area contributed by atoms with Crippen LogP contribution in [0.15, 0.2) is 71.6 Å². The molecule has 0 spiro atoms. The summed E-state index contributed by atoms with van der Waals surface area (Å²) in [7, 11) is -4.08. The van der Waals surface area contributed by atoms with E-state index >= 15 is 0 Å². The van der Waals surface area contributed by atoms with Crippen LogP contribution in [0.25, 0.3) is 0 Å². The molecule has 1 N–H and O–H groups in total. The van der Waals surface area contributed by atoms with Crippen molar-refractivity contribution >= 4 is 21.8 Å². The van der Waals surface area contributed by atoms with Gasteiger partial charge in [0.2, 0.25) is 10.0 Å². The Kier molecular flexibility index (Phi) is 7.37. The molecule has 3 aromatic carbocycles. The molecule has 3 aromatic rings. The van der Waals surface area contributed by atoms with Crippen molar-refractivity contribution in [3.8, 4) is 17.2 Å². The lowest BCUT2D eigenvalue weighted by molar-refractivity contribution is -0.137. The minimum absolute atomic E-state index is 0.0751. The SMILES string of the molecule is CC(C)C(NS(=O)(=O)c1ccc2c(c1)OCCO2)C(=O)Oc1ccc(C(=O)c2ccc(F)cc2)cc1. The quantitative estimate of drug-likeness (QED) is 0.278. The van der Waals surface area contributed by atoms with Crippen LogP contribution in [-0.2, 0) is 14.8 Å². The maximum absolute atomic E-state index is 13.1. The molecule has 0 radical (unpaired) electrons. The molecule has 1 aliphatic heterocycles. The number of halogens is 1. The minimum Gasteiger partial charge on any atom is -0.486 e. The van der Waals surface area contributed by atoms with Crippen molar-refractivity contribution in [1.29, 1.82) is 0 Å². The molecule has 8 nitrogen and oxygen atoms in total. The van der Waals surface area contributed by atoms with Gasteiger partial charge in [-0.05, 0) is 66.6 Å². The summed E-state index contributed by atoms with van der Waals surface area (Å²) in [5, 5.41) is 0. The minimum atomic E-state index is -4.08. The molecule has 1 unspecified atom stereocenters. The van der Waals surface area contributed by atoms with Crippen LogP contribution in [0.3, 0.4) is 0 Å². The van der Waals surface area contributed by atoms with E-state index in [0.717, 1.165) is 0 Å². The number of carbonyl (C=O) groups is 2. The van der Waals surface area contributed by atoms with Crippen LogP contribution in [0.4, 0.5) is 4.39 Å². The Morgan fingerprint density at radius 2 is 1.47 bits per heavy atom. The maximum Gasteiger partial charge on any atom is 0.329 e. The molecule has 188 valence electrons. The molecule has 36 heavy (non-hydrogen) atoms. The third-order valence-corrected chi connectivity index (χ3v) is 6.91. The van der Waals surface area contributed by atoms with E-state index in [-0.39, 0.29) is 16.4 Å². The van der Waals surface area contributed by atoms with Crippen molar-refractivity contribution in [3.05, 3.63) is 83.7 Å². The molecular formula is C26H24FNO7S. The number of carbonyl (C=O) groups excluding carboxylic acids is 2. The predicted molar refractivity (Wildman–Crippen MR) is 128 cm³/mol. The highest BCUT2D eigenvalue weighted by Crippen LogP contribution is 2.32. The lowest BCUT2D eigenvalue weighted by Gasteiger charge is -2.22. The molecule has 0 saturated heterocycles. The van der Waals surface area contributed by atoms with Crippen LogP contribution in [0.5, 0.6) is 17.2 Å². The number of rotatable bonds is 8. The highest BCUT2D eigenvalue weighted by molar-refractivity contribution is 7.89. The molecule has 0 saturated carbocycles. The van der Waals surface area contributed by atoms with Crippen molar-refractivity contribution in [2.45, 2.75) is 24.8 Å². The van der Waals surface area contributed by atoms with Gasteiger partial charge in [-0.3, -0.25) is 4.79 Å². The Labute approximate surface area is 208 Å². The number of fused-ring (bicyclic) bond motifs is 1. The molecule has 0 aromatic heterocycles. The maximum atomic E-state index is 13.1. The first kappa shape index (κ1) is 25.3. The van der Waals surface area contributed by atoms with Gasteiger partial charge in [0.05, 0.1) is 4.90 Å². The Hall–Kier alpha value is -3.76. The molecule has 0 amide bonds. The third-order valence-electron chi connectivity index (χ3n) is 5.47. The smallest absolute Gasteiger partial charge is 0.329 e. The van der Waals surface area contributed by atoms with Crippen LogP contribution in [0, 0.1) is 11.7 Å². The zero-order valence-corrected chi connectivity index (χ0v) is 20.4. The standard InChI is InChI=1S/C26H24FNO7S/c1-16(2)24(28-36(31,32)21-11-12-22-23(15-21)34-14-13-33-22)26(30)35-20-9-5-18(6-10-20)25(29)17-3-7-19(27)8-4-17/h3-12,15-16,24,28H,13-14H2,1-2H3. The number of nitrogens with one attached hydrogen (secondary N) is 1. The second-order valence-electron chi connectivity index (χ2n) is 8.43. The second kappa shape index (κ2) is 10.5. The lowest BCUT2D eigenvalue weighted by Crippen LogP contribution is -2.46. The Morgan fingerprint density at radius 1 is 0.889 bits per heavy atom. The van der Waals surface area contributed by atoms with Crippen molar-refractivity contribution in [2.75, 3.05) is 13.2 Å². The van der Waals surface area contributed by atoms with Crippen LogP contribution in [0.2, 0.25) is 0 Å². The largest absolute Gasteiger partial charge is 0.486 e. The first-order valence-electron chi connectivity index (χ1n) is 11.2. The van der Waals surface area contributed by atoms with E-state index in [0.29, 0.717) is 35.8 Å². The number of hydrogen-bond donors (Lipinski definition) is 1. The highest BCUT2D eigenvalue weighted by atomic mass is 32.2. The van der Waals surface area contributed by atoms with Crippen LogP contribution in [-0.4, -0.2) is 39.4 Å². The summed E-state index contributed by atoms with van der Waals surface area (Å²) in [6.45, 7) is 4.05.